The first-order valence-electron chi connectivity index (χ1n) is 10.8. The zero-order valence-corrected chi connectivity index (χ0v) is 19.0. The van der Waals surface area contributed by atoms with Crippen molar-refractivity contribution in [1.29, 1.82) is 0 Å². The van der Waals surface area contributed by atoms with Crippen molar-refractivity contribution in [3.8, 4) is 5.75 Å². The molecule has 1 atom stereocenters. The Kier molecular flexibility index (Phi) is 5.74. The summed E-state index contributed by atoms with van der Waals surface area (Å²) in [5.41, 5.74) is -1.65. The van der Waals surface area contributed by atoms with Crippen LogP contribution in [0.3, 0.4) is 0 Å². The van der Waals surface area contributed by atoms with Crippen LogP contribution in [-0.2, 0) is 13.0 Å². The number of fused-ring (bicyclic) bond motifs is 6. The summed E-state index contributed by atoms with van der Waals surface area (Å²) < 4.78 is 56.6. The lowest BCUT2D eigenvalue weighted by Crippen LogP contribution is -2.44. The summed E-state index contributed by atoms with van der Waals surface area (Å²) in [6, 6.07) is 3.38. The number of aromatic nitrogens is 1. The molecule has 2 amide bonds. The Morgan fingerprint density at radius 3 is 2.58 bits per heavy atom. The van der Waals surface area contributed by atoms with Crippen molar-refractivity contribution in [1.82, 2.24) is 9.88 Å². The Balaban J connectivity index is 1.50. The molecule has 0 spiro atoms. The van der Waals surface area contributed by atoms with Gasteiger partial charge in [0.25, 0.3) is 11.8 Å². The van der Waals surface area contributed by atoms with Gasteiger partial charge in [-0.15, -0.1) is 0 Å². The average Bonchev–Trinajstić information content (AvgIpc) is 3.00. The van der Waals surface area contributed by atoms with E-state index in [-0.39, 0.29) is 29.9 Å². The van der Waals surface area contributed by atoms with Crippen LogP contribution in [0.2, 0.25) is 5.02 Å². The second kappa shape index (κ2) is 8.66. The number of carbonyl (C=O) groups is 2. The molecule has 2 aliphatic heterocycles. The van der Waals surface area contributed by atoms with Gasteiger partial charge >= 0.3 is 0 Å². The molecule has 3 heterocycles. The number of hydrogen-bond donors (Lipinski definition) is 2. The number of rotatable bonds is 3. The van der Waals surface area contributed by atoms with Crippen molar-refractivity contribution in [2.45, 2.75) is 25.4 Å². The fraction of sp³-hybridized carbons (Fsp3) is 0.208. The minimum absolute atomic E-state index is 0.0343. The molecule has 7 nitrogen and oxygen atoms in total. The molecule has 2 N–H and O–H groups in total. The molecule has 1 aromatic heterocycles. The van der Waals surface area contributed by atoms with E-state index in [0.29, 0.717) is 12.0 Å². The number of pyridine rings is 1. The first kappa shape index (κ1) is 23.9. The minimum Gasteiger partial charge on any atom is -0.503 e. The fourth-order valence-corrected chi connectivity index (χ4v) is 4.74. The molecule has 0 radical (unpaired) electrons. The summed E-state index contributed by atoms with van der Waals surface area (Å²) in [4.78, 5) is 40.0. The number of aromatic hydroxyl groups is 1. The number of nitrogens with one attached hydrogen (secondary N) is 1. The molecule has 12 heteroatoms. The summed E-state index contributed by atoms with van der Waals surface area (Å²) in [7, 11) is 0. The Bertz CT molecular complexity index is 1520. The van der Waals surface area contributed by atoms with Crippen LogP contribution >= 0.6 is 11.6 Å². The summed E-state index contributed by atoms with van der Waals surface area (Å²) in [5.74, 6) is -7.02. The Morgan fingerprint density at radius 1 is 1.11 bits per heavy atom. The predicted octanol–water partition coefficient (Wildman–Crippen LogP) is 3.84. The van der Waals surface area contributed by atoms with Gasteiger partial charge in [-0.1, -0.05) is 17.7 Å². The van der Waals surface area contributed by atoms with Crippen LogP contribution in [0.15, 0.2) is 35.3 Å². The van der Waals surface area contributed by atoms with Crippen LogP contribution in [0, 0.1) is 23.3 Å². The molecule has 0 fully saturated rings. The molecule has 0 saturated carbocycles. The second-order valence-electron chi connectivity index (χ2n) is 8.50. The van der Waals surface area contributed by atoms with Gasteiger partial charge in [-0.05, 0) is 30.5 Å². The maximum Gasteiger partial charge on any atom is 0.279 e. The molecule has 0 unspecified atom stereocenters. The third-order valence-electron chi connectivity index (χ3n) is 6.40. The lowest BCUT2D eigenvalue weighted by atomic mass is 10.0. The highest BCUT2D eigenvalue weighted by atomic mass is 35.5. The topological polar surface area (TPSA) is 91.6 Å². The molecule has 5 rings (SSSR count). The van der Waals surface area contributed by atoms with Crippen molar-refractivity contribution in [2.75, 3.05) is 11.4 Å². The third kappa shape index (κ3) is 3.70. The van der Waals surface area contributed by atoms with Gasteiger partial charge in [-0.3, -0.25) is 14.4 Å². The molecule has 0 aliphatic carbocycles. The number of aryl methyl sites for hydroxylation is 1. The first-order valence-corrected chi connectivity index (χ1v) is 11.1. The maximum absolute atomic E-state index is 14.1. The van der Waals surface area contributed by atoms with Gasteiger partial charge in [-0.25, -0.2) is 17.6 Å². The highest BCUT2D eigenvalue weighted by Crippen LogP contribution is 2.38. The van der Waals surface area contributed by atoms with Crippen LogP contribution < -0.4 is 15.6 Å². The van der Waals surface area contributed by atoms with Gasteiger partial charge in [0.2, 0.25) is 5.43 Å². The third-order valence-corrected chi connectivity index (χ3v) is 6.75. The van der Waals surface area contributed by atoms with E-state index in [9.17, 15) is 37.1 Å². The molecule has 2 aliphatic rings. The molecular formula is C24H16ClF4N3O4. The number of carbonyl (C=O) groups excluding carboxylic acids is 2. The quantitative estimate of drug-likeness (QED) is 0.405. The van der Waals surface area contributed by atoms with Crippen LogP contribution in [0.1, 0.15) is 44.4 Å². The van der Waals surface area contributed by atoms with Gasteiger partial charge in [-0.2, -0.15) is 0 Å². The molecule has 2 aromatic carbocycles. The van der Waals surface area contributed by atoms with Crippen molar-refractivity contribution < 1.29 is 32.3 Å². The largest absolute Gasteiger partial charge is 0.503 e. The number of amides is 2. The normalized spacial score (nSPS) is 16.3. The zero-order valence-electron chi connectivity index (χ0n) is 18.2. The number of benzene rings is 2. The predicted molar refractivity (Wildman–Crippen MR) is 120 cm³/mol. The number of hydrogen-bond acceptors (Lipinski definition) is 4. The van der Waals surface area contributed by atoms with Crippen LogP contribution in [0.5, 0.6) is 5.75 Å². The van der Waals surface area contributed by atoms with Crippen LogP contribution in [0.25, 0.3) is 0 Å². The molecule has 186 valence electrons. The standard InChI is InChI=1S/C24H16ClF4N3O4/c25-18-14(26)4-2-11(19(18)29)7-30-23(35)13-9-31-12-3-1-10-5-15(27)16(28)6-17(10)32(8-12)24(36)20(31)22(34)21(13)33/h2,4-6,9,12,34H,1,3,7-8H2,(H,30,35)/t12-/m1/s1. The summed E-state index contributed by atoms with van der Waals surface area (Å²) in [6.45, 7) is -0.401. The van der Waals surface area contributed by atoms with Crippen molar-refractivity contribution in [3.05, 3.63) is 91.4 Å². The van der Waals surface area contributed by atoms with E-state index >= 15 is 0 Å². The number of halogens is 5. The monoisotopic (exact) mass is 521 g/mol. The first-order chi connectivity index (χ1) is 17.1. The van der Waals surface area contributed by atoms with E-state index in [1.54, 1.807) is 0 Å². The van der Waals surface area contributed by atoms with Gasteiger partial charge in [0.05, 0.1) is 11.7 Å². The van der Waals surface area contributed by atoms with E-state index in [4.69, 9.17) is 11.6 Å². The van der Waals surface area contributed by atoms with E-state index in [0.717, 1.165) is 30.5 Å². The fourth-order valence-electron chi connectivity index (χ4n) is 4.55. The van der Waals surface area contributed by atoms with E-state index in [2.05, 4.69) is 5.32 Å². The SMILES string of the molecule is O=C(NCc1ccc(F)c(Cl)c1F)c1cn2c(c(O)c1=O)C(=O)N1C[C@H]2CCc2cc(F)c(F)cc21. The summed E-state index contributed by atoms with van der Waals surface area (Å²) >= 11 is 5.54. The van der Waals surface area contributed by atoms with Crippen LogP contribution in [-0.4, -0.2) is 28.0 Å². The molecule has 2 bridgehead atoms. The minimum atomic E-state index is -1.14. The van der Waals surface area contributed by atoms with E-state index in [1.807, 2.05) is 0 Å². The van der Waals surface area contributed by atoms with Gasteiger partial charge < -0.3 is 19.9 Å². The highest BCUT2D eigenvalue weighted by Gasteiger charge is 2.39. The Labute approximate surface area is 205 Å². The number of anilines is 1. The summed E-state index contributed by atoms with van der Waals surface area (Å²) in [5, 5.41) is 12.2. The zero-order chi connectivity index (χ0) is 25.9. The number of nitrogens with zero attached hydrogens (tertiary/aromatic N) is 2. The Morgan fingerprint density at radius 2 is 1.83 bits per heavy atom. The molecule has 3 aromatic rings. The van der Waals surface area contributed by atoms with Gasteiger partial charge in [0.15, 0.2) is 23.1 Å². The summed E-state index contributed by atoms with van der Waals surface area (Å²) in [6.07, 6.45) is 1.72. The van der Waals surface area contributed by atoms with E-state index < -0.39 is 69.4 Å². The molecule has 36 heavy (non-hydrogen) atoms. The van der Waals surface area contributed by atoms with Gasteiger partial charge in [0.1, 0.15) is 22.2 Å². The van der Waals surface area contributed by atoms with Crippen molar-refractivity contribution in [2.24, 2.45) is 0 Å². The lowest BCUT2D eigenvalue weighted by Gasteiger charge is -2.35. The lowest BCUT2D eigenvalue weighted by molar-refractivity contribution is 0.0929. The van der Waals surface area contributed by atoms with Crippen LogP contribution in [0.4, 0.5) is 23.2 Å². The Hall–Kier alpha value is -3.86. The molecule has 0 saturated heterocycles. The maximum atomic E-state index is 14.1. The highest BCUT2D eigenvalue weighted by molar-refractivity contribution is 6.31. The second-order valence-corrected chi connectivity index (χ2v) is 8.87. The van der Waals surface area contributed by atoms with Crippen molar-refractivity contribution in [3.63, 3.8) is 0 Å². The average molecular weight is 522 g/mol. The smallest absolute Gasteiger partial charge is 0.279 e. The van der Waals surface area contributed by atoms with Gasteiger partial charge in [0, 0.05) is 30.9 Å². The van der Waals surface area contributed by atoms with Crippen molar-refractivity contribution >= 4 is 29.1 Å². The van der Waals surface area contributed by atoms with E-state index in [1.165, 1.54) is 9.47 Å². The molecular weight excluding hydrogens is 506 g/mol.